The molecule has 110 valence electrons. The highest BCUT2D eigenvalue weighted by Gasteiger charge is 2.11. The summed E-state index contributed by atoms with van der Waals surface area (Å²) in [7, 11) is 1.60. The van der Waals surface area contributed by atoms with E-state index >= 15 is 0 Å². The van der Waals surface area contributed by atoms with Crippen LogP contribution in [0.5, 0.6) is 17.2 Å². The fourth-order valence-electron chi connectivity index (χ4n) is 1.65. The Hall–Kier alpha value is -1.05. The van der Waals surface area contributed by atoms with E-state index in [1.807, 2.05) is 12.1 Å². The van der Waals surface area contributed by atoms with E-state index in [-0.39, 0.29) is 5.84 Å². The van der Waals surface area contributed by atoms with Gasteiger partial charge in [0.15, 0.2) is 0 Å². The molecule has 0 saturated carbocycles. The van der Waals surface area contributed by atoms with Crippen molar-refractivity contribution in [2.24, 2.45) is 5.73 Å². The molecule has 0 atom stereocenters. The van der Waals surface area contributed by atoms with Gasteiger partial charge < -0.3 is 15.2 Å². The van der Waals surface area contributed by atoms with Crippen LogP contribution in [0.3, 0.4) is 0 Å². The Morgan fingerprint density at radius 2 is 1.62 bits per heavy atom. The monoisotopic (exact) mass is 476 g/mol. The normalized spacial score (nSPS) is 10.3. The van der Waals surface area contributed by atoms with Crippen LogP contribution in [-0.4, -0.2) is 12.9 Å². The highest BCUT2D eigenvalue weighted by molar-refractivity contribution is 9.11. The van der Waals surface area contributed by atoms with Crippen LogP contribution in [0.15, 0.2) is 43.7 Å². The molecule has 0 aliphatic carbocycles. The van der Waals surface area contributed by atoms with Crippen LogP contribution in [0, 0.1) is 5.41 Å². The van der Waals surface area contributed by atoms with E-state index in [0.717, 1.165) is 8.95 Å². The van der Waals surface area contributed by atoms with Gasteiger partial charge in [-0.2, -0.15) is 0 Å². The Balaban J connectivity index is 2.32. The van der Waals surface area contributed by atoms with Crippen molar-refractivity contribution >= 4 is 53.6 Å². The molecule has 0 bridgehead atoms. The van der Waals surface area contributed by atoms with E-state index in [1.165, 1.54) is 0 Å². The van der Waals surface area contributed by atoms with E-state index in [4.69, 9.17) is 20.6 Å². The van der Waals surface area contributed by atoms with Gasteiger partial charge in [-0.05, 0) is 78.1 Å². The first kappa shape index (κ1) is 16.3. The van der Waals surface area contributed by atoms with Crippen molar-refractivity contribution in [3.05, 3.63) is 49.3 Å². The lowest BCUT2D eigenvalue weighted by molar-refractivity contribution is 0.409. The standard InChI is InChI=1S/C14H11Br3N2O2/c1-20-12-5-11(17)13(6-10(12)16)21-7-2-3-8(14(18)19)9(15)4-7/h2-6H,1H3,(H3,18,19). The van der Waals surface area contributed by atoms with Gasteiger partial charge in [0.05, 0.1) is 16.1 Å². The molecule has 0 unspecified atom stereocenters. The average molecular weight is 479 g/mol. The van der Waals surface area contributed by atoms with Crippen molar-refractivity contribution in [2.45, 2.75) is 0 Å². The molecule has 0 heterocycles. The number of benzene rings is 2. The van der Waals surface area contributed by atoms with Crippen molar-refractivity contribution in [3.8, 4) is 17.2 Å². The van der Waals surface area contributed by atoms with Gasteiger partial charge in [-0.25, -0.2) is 0 Å². The van der Waals surface area contributed by atoms with Crippen molar-refractivity contribution < 1.29 is 9.47 Å². The number of nitrogens with two attached hydrogens (primary N) is 1. The lowest BCUT2D eigenvalue weighted by Gasteiger charge is -2.12. The zero-order valence-electron chi connectivity index (χ0n) is 10.9. The first-order valence-electron chi connectivity index (χ1n) is 5.77. The number of nitrogens with one attached hydrogen (secondary N) is 1. The van der Waals surface area contributed by atoms with Gasteiger partial charge in [0.2, 0.25) is 0 Å². The third-order valence-corrected chi connectivity index (χ3v) is 4.56. The fourth-order valence-corrected chi connectivity index (χ4v) is 3.11. The van der Waals surface area contributed by atoms with Gasteiger partial charge in [-0.15, -0.1) is 0 Å². The summed E-state index contributed by atoms with van der Waals surface area (Å²) in [4.78, 5) is 0. The molecule has 2 aromatic rings. The summed E-state index contributed by atoms with van der Waals surface area (Å²) >= 11 is 10.2. The maximum Gasteiger partial charge on any atom is 0.143 e. The first-order valence-corrected chi connectivity index (χ1v) is 8.15. The lowest BCUT2D eigenvalue weighted by Crippen LogP contribution is -2.11. The van der Waals surface area contributed by atoms with Crippen LogP contribution < -0.4 is 15.2 Å². The molecule has 0 saturated heterocycles. The van der Waals surface area contributed by atoms with E-state index in [0.29, 0.717) is 27.3 Å². The number of nitrogen functional groups attached to an aromatic ring is 1. The van der Waals surface area contributed by atoms with Crippen LogP contribution >= 0.6 is 47.8 Å². The third-order valence-electron chi connectivity index (χ3n) is 2.66. The van der Waals surface area contributed by atoms with Crippen LogP contribution in [0.1, 0.15) is 5.56 Å². The number of amidine groups is 1. The predicted molar refractivity (Wildman–Crippen MR) is 93.6 cm³/mol. The van der Waals surface area contributed by atoms with Gasteiger partial charge >= 0.3 is 0 Å². The summed E-state index contributed by atoms with van der Waals surface area (Å²) in [6, 6.07) is 8.88. The summed E-state index contributed by atoms with van der Waals surface area (Å²) in [6.07, 6.45) is 0. The maximum atomic E-state index is 7.45. The summed E-state index contributed by atoms with van der Waals surface area (Å²) in [5.74, 6) is 1.99. The zero-order valence-corrected chi connectivity index (χ0v) is 15.7. The second kappa shape index (κ2) is 6.81. The molecule has 0 fully saturated rings. The minimum Gasteiger partial charge on any atom is -0.496 e. The molecule has 3 N–H and O–H groups in total. The summed E-state index contributed by atoms with van der Waals surface area (Å²) in [6.45, 7) is 0. The smallest absolute Gasteiger partial charge is 0.143 e. The molecular weight excluding hydrogens is 468 g/mol. The van der Waals surface area contributed by atoms with Gasteiger partial charge in [0.1, 0.15) is 23.1 Å². The SMILES string of the molecule is COc1cc(Br)c(Oc2ccc(C(=N)N)c(Br)c2)cc1Br. The molecule has 2 aromatic carbocycles. The minimum absolute atomic E-state index is 0.00166. The van der Waals surface area contributed by atoms with Gasteiger partial charge in [-0.1, -0.05) is 0 Å². The Kier molecular flexibility index (Phi) is 5.29. The second-order valence-electron chi connectivity index (χ2n) is 4.07. The van der Waals surface area contributed by atoms with Crippen LogP contribution in [-0.2, 0) is 0 Å². The quantitative estimate of drug-likeness (QED) is 0.477. The number of rotatable bonds is 4. The van der Waals surface area contributed by atoms with Crippen molar-refractivity contribution in [1.82, 2.24) is 0 Å². The maximum absolute atomic E-state index is 7.45. The van der Waals surface area contributed by atoms with Crippen molar-refractivity contribution in [2.75, 3.05) is 7.11 Å². The molecule has 7 heteroatoms. The Morgan fingerprint density at radius 3 is 2.19 bits per heavy atom. The molecular formula is C14H11Br3N2O2. The predicted octanol–water partition coefficient (Wildman–Crippen LogP) is 5.06. The van der Waals surface area contributed by atoms with E-state index < -0.39 is 0 Å². The Morgan fingerprint density at radius 1 is 1.00 bits per heavy atom. The van der Waals surface area contributed by atoms with E-state index in [1.54, 1.807) is 25.3 Å². The second-order valence-corrected chi connectivity index (χ2v) is 6.64. The fraction of sp³-hybridized carbons (Fsp3) is 0.0714. The number of halogens is 3. The molecule has 0 aliphatic rings. The van der Waals surface area contributed by atoms with Gasteiger partial charge in [0, 0.05) is 10.0 Å². The van der Waals surface area contributed by atoms with E-state index in [9.17, 15) is 0 Å². The Bertz CT molecular complexity index is 705. The molecule has 21 heavy (non-hydrogen) atoms. The molecule has 0 radical (unpaired) electrons. The average Bonchev–Trinajstić information content (AvgIpc) is 2.42. The van der Waals surface area contributed by atoms with E-state index in [2.05, 4.69) is 47.8 Å². The van der Waals surface area contributed by atoms with Gasteiger partial charge in [0.25, 0.3) is 0 Å². The third kappa shape index (κ3) is 3.78. The molecule has 0 aliphatic heterocycles. The van der Waals surface area contributed by atoms with Crippen molar-refractivity contribution in [1.29, 1.82) is 5.41 Å². The first-order chi connectivity index (χ1) is 9.92. The number of hydrogen-bond acceptors (Lipinski definition) is 3. The van der Waals surface area contributed by atoms with Crippen LogP contribution in [0.25, 0.3) is 0 Å². The number of hydrogen-bond donors (Lipinski definition) is 2. The van der Waals surface area contributed by atoms with Gasteiger partial charge in [-0.3, -0.25) is 5.41 Å². The van der Waals surface area contributed by atoms with Crippen molar-refractivity contribution in [3.63, 3.8) is 0 Å². The molecule has 0 amide bonds. The molecule has 4 nitrogen and oxygen atoms in total. The number of methoxy groups -OCH3 is 1. The highest BCUT2D eigenvalue weighted by atomic mass is 79.9. The minimum atomic E-state index is 0.00166. The molecule has 0 spiro atoms. The molecule has 0 aromatic heterocycles. The highest BCUT2D eigenvalue weighted by Crippen LogP contribution is 2.38. The summed E-state index contributed by atoms with van der Waals surface area (Å²) < 4.78 is 13.3. The Labute approximate surface area is 147 Å². The zero-order chi connectivity index (χ0) is 15.6. The summed E-state index contributed by atoms with van der Waals surface area (Å²) in [5.41, 5.74) is 6.10. The van der Waals surface area contributed by atoms with Crippen LogP contribution in [0.2, 0.25) is 0 Å². The summed E-state index contributed by atoms with van der Waals surface area (Å²) in [5, 5.41) is 7.45. The number of ether oxygens (including phenoxy) is 2. The van der Waals surface area contributed by atoms with Crippen LogP contribution in [0.4, 0.5) is 0 Å². The topological polar surface area (TPSA) is 68.3 Å². The lowest BCUT2D eigenvalue weighted by atomic mass is 10.2. The largest absolute Gasteiger partial charge is 0.496 e. The molecule has 2 rings (SSSR count).